The molecule has 3 heterocycles. The number of fused-ring (bicyclic) bond motifs is 1. The van der Waals surface area contributed by atoms with Gasteiger partial charge in [-0.1, -0.05) is 12.5 Å². The SMILES string of the molecule is O=C(C=Cc1coc2ccc(C=C3SC(=O)NC3=O)cc12)NN1CCCCC1. The Balaban J connectivity index is 1.51. The average Bonchev–Trinajstić information content (AvgIpc) is 3.23. The highest BCUT2D eigenvalue weighted by atomic mass is 32.2. The van der Waals surface area contributed by atoms with E-state index in [0.717, 1.165) is 54.2 Å². The fraction of sp³-hybridized carbons (Fsp3) is 0.250. The predicted molar refractivity (Wildman–Crippen MR) is 108 cm³/mol. The van der Waals surface area contributed by atoms with Crippen LogP contribution < -0.4 is 10.7 Å². The number of hydrazine groups is 1. The number of carbonyl (C=O) groups is 3. The Bertz CT molecular complexity index is 1000. The Morgan fingerprint density at radius 3 is 2.79 bits per heavy atom. The number of furan rings is 1. The number of thioether (sulfide) groups is 1. The third-order valence-electron chi connectivity index (χ3n) is 4.61. The molecule has 144 valence electrons. The van der Waals surface area contributed by atoms with Gasteiger partial charge in [0.2, 0.25) is 0 Å². The Kier molecular flexibility index (Phi) is 5.31. The molecule has 2 N–H and O–H groups in total. The molecule has 2 fully saturated rings. The summed E-state index contributed by atoms with van der Waals surface area (Å²) in [5.41, 5.74) is 5.10. The first-order valence-corrected chi connectivity index (χ1v) is 9.90. The van der Waals surface area contributed by atoms with Gasteiger partial charge in [0.05, 0.1) is 11.2 Å². The lowest BCUT2D eigenvalue weighted by atomic mass is 10.1. The number of nitrogens with zero attached hydrogens (tertiary/aromatic N) is 1. The molecule has 0 bridgehead atoms. The summed E-state index contributed by atoms with van der Waals surface area (Å²) in [6.07, 6.45) is 9.84. The minimum atomic E-state index is -0.392. The average molecular weight is 397 g/mol. The Hall–Kier alpha value is -2.84. The van der Waals surface area contributed by atoms with E-state index in [2.05, 4.69) is 10.7 Å². The molecular formula is C20H19N3O4S. The molecule has 28 heavy (non-hydrogen) atoms. The molecule has 0 spiro atoms. The van der Waals surface area contributed by atoms with Crippen LogP contribution in [-0.2, 0) is 9.59 Å². The maximum absolute atomic E-state index is 12.1. The van der Waals surface area contributed by atoms with Crippen LogP contribution in [0.2, 0.25) is 0 Å². The van der Waals surface area contributed by atoms with Crippen molar-refractivity contribution in [2.45, 2.75) is 19.3 Å². The van der Waals surface area contributed by atoms with Crippen LogP contribution in [0.5, 0.6) is 0 Å². The quantitative estimate of drug-likeness (QED) is 0.770. The van der Waals surface area contributed by atoms with E-state index in [1.165, 1.54) is 12.5 Å². The van der Waals surface area contributed by atoms with Crippen molar-refractivity contribution in [1.82, 2.24) is 15.8 Å². The fourth-order valence-electron chi connectivity index (χ4n) is 3.22. The van der Waals surface area contributed by atoms with Gasteiger partial charge in [-0.2, -0.15) is 0 Å². The van der Waals surface area contributed by atoms with E-state index in [1.54, 1.807) is 24.5 Å². The molecule has 0 aliphatic carbocycles. The molecule has 0 saturated carbocycles. The van der Waals surface area contributed by atoms with Crippen molar-refractivity contribution in [1.29, 1.82) is 0 Å². The molecule has 2 aromatic rings. The first kappa shape index (κ1) is 18.5. The molecule has 1 aromatic carbocycles. The Labute approximate surface area is 165 Å². The largest absolute Gasteiger partial charge is 0.464 e. The number of benzene rings is 1. The lowest BCUT2D eigenvalue weighted by Crippen LogP contribution is -2.44. The third-order valence-corrected chi connectivity index (χ3v) is 5.42. The van der Waals surface area contributed by atoms with Crippen LogP contribution in [0, 0.1) is 0 Å². The predicted octanol–water partition coefficient (Wildman–Crippen LogP) is 3.29. The van der Waals surface area contributed by atoms with Crippen molar-refractivity contribution in [2.24, 2.45) is 0 Å². The van der Waals surface area contributed by atoms with Crippen LogP contribution in [0.25, 0.3) is 23.1 Å². The molecule has 0 radical (unpaired) electrons. The van der Waals surface area contributed by atoms with Gasteiger partial charge in [-0.25, -0.2) is 5.01 Å². The standard InChI is InChI=1S/C20H19N3O4S/c24-18(22-23-8-2-1-3-9-23)7-5-14-12-27-16-6-4-13(10-15(14)16)11-17-19(25)21-20(26)28-17/h4-7,10-12H,1-3,8-9H2,(H,22,24)(H,21,25,26). The van der Waals surface area contributed by atoms with Crippen molar-refractivity contribution in [3.05, 3.63) is 46.6 Å². The first-order valence-electron chi connectivity index (χ1n) is 9.08. The zero-order valence-electron chi connectivity index (χ0n) is 15.1. The van der Waals surface area contributed by atoms with E-state index < -0.39 is 5.91 Å². The highest BCUT2D eigenvalue weighted by Gasteiger charge is 2.25. The van der Waals surface area contributed by atoms with Gasteiger partial charge in [0, 0.05) is 30.1 Å². The van der Waals surface area contributed by atoms with Gasteiger partial charge in [-0.15, -0.1) is 0 Å². The number of carbonyl (C=O) groups excluding carboxylic acids is 3. The van der Waals surface area contributed by atoms with Crippen LogP contribution >= 0.6 is 11.8 Å². The van der Waals surface area contributed by atoms with Crippen LogP contribution in [0.4, 0.5) is 4.79 Å². The summed E-state index contributed by atoms with van der Waals surface area (Å²) >= 11 is 0.877. The zero-order chi connectivity index (χ0) is 19.5. The van der Waals surface area contributed by atoms with Crippen molar-refractivity contribution < 1.29 is 18.8 Å². The molecule has 2 aliphatic rings. The number of rotatable bonds is 4. The van der Waals surface area contributed by atoms with E-state index in [1.807, 2.05) is 17.1 Å². The van der Waals surface area contributed by atoms with Crippen LogP contribution in [0.15, 0.2) is 39.9 Å². The second kappa shape index (κ2) is 8.04. The number of hydrogen-bond donors (Lipinski definition) is 2. The second-order valence-electron chi connectivity index (χ2n) is 6.66. The lowest BCUT2D eigenvalue weighted by molar-refractivity contribution is -0.121. The van der Waals surface area contributed by atoms with Crippen molar-refractivity contribution >= 4 is 51.9 Å². The minimum Gasteiger partial charge on any atom is -0.464 e. The van der Waals surface area contributed by atoms with Gasteiger partial charge in [-0.3, -0.25) is 25.1 Å². The number of nitrogens with one attached hydrogen (secondary N) is 2. The minimum absolute atomic E-state index is 0.174. The van der Waals surface area contributed by atoms with E-state index in [4.69, 9.17) is 4.42 Å². The van der Waals surface area contributed by atoms with Gasteiger partial charge in [0.15, 0.2) is 0 Å². The van der Waals surface area contributed by atoms with Crippen molar-refractivity contribution in [3.63, 3.8) is 0 Å². The number of imide groups is 1. The lowest BCUT2D eigenvalue weighted by Gasteiger charge is -2.26. The van der Waals surface area contributed by atoms with Crippen LogP contribution in [0.3, 0.4) is 0 Å². The summed E-state index contributed by atoms with van der Waals surface area (Å²) < 4.78 is 5.54. The molecule has 4 rings (SSSR count). The monoisotopic (exact) mass is 397 g/mol. The molecule has 7 nitrogen and oxygen atoms in total. The summed E-state index contributed by atoms with van der Waals surface area (Å²) in [7, 11) is 0. The molecule has 2 saturated heterocycles. The molecule has 0 unspecified atom stereocenters. The zero-order valence-corrected chi connectivity index (χ0v) is 15.9. The maximum Gasteiger partial charge on any atom is 0.290 e. The van der Waals surface area contributed by atoms with E-state index in [-0.39, 0.29) is 11.1 Å². The highest BCUT2D eigenvalue weighted by Crippen LogP contribution is 2.28. The van der Waals surface area contributed by atoms with Crippen molar-refractivity contribution in [2.75, 3.05) is 13.1 Å². The summed E-state index contributed by atoms with van der Waals surface area (Å²) in [4.78, 5) is 35.5. The number of hydrogen-bond acceptors (Lipinski definition) is 6. The molecule has 8 heteroatoms. The summed E-state index contributed by atoms with van der Waals surface area (Å²) in [6, 6.07) is 5.48. The smallest absolute Gasteiger partial charge is 0.290 e. The fourth-order valence-corrected chi connectivity index (χ4v) is 3.90. The van der Waals surface area contributed by atoms with Gasteiger partial charge in [0.25, 0.3) is 17.1 Å². The summed E-state index contributed by atoms with van der Waals surface area (Å²) in [5, 5.41) is 4.63. The molecule has 0 atom stereocenters. The van der Waals surface area contributed by atoms with Crippen LogP contribution in [-0.4, -0.2) is 35.2 Å². The summed E-state index contributed by atoms with van der Waals surface area (Å²) in [6.45, 7) is 1.75. The maximum atomic E-state index is 12.1. The second-order valence-corrected chi connectivity index (χ2v) is 7.67. The highest BCUT2D eigenvalue weighted by molar-refractivity contribution is 8.18. The third kappa shape index (κ3) is 4.18. The summed E-state index contributed by atoms with van der Waals surface area (Å²) in [5.74, 6) is -0.566. The number of amides is 3. The van der Waals surface area contributed by atoms with Gasteiger partial charge < -0.3 is 4.42 Å². The topological polar surface area (TPSA) is 91.6 Å². The Morgan fingerprint density at radius 2 is 2.04 bits per heavy atom. The van der Waals surface area contributed by atoms with E-state index >= 15 is 0 Å². The molecule has 2 aliphatic heterocycles. The van der Waals surface area contributed by atoms with Gasteiger partial charge in [-0.05, 0) is 54.5 Å². The van der Waals surface area contributed by atoms with Gasteiger partial charge >= 0.3 is 0 Å². The van der Waals surface area contributed by atoms with Gasteiger partial charge in [0.1, 0.15) is 5.58 Å². The molecular weight excluding hydrogens is 378 g/mol. The Morgan fingerprint density at radius 1 is 1.21 bits per heavy atom. The number of piperidine rings is 1. The molecule has 3 amide bonds. The van der Waals surface area contributed by atoms with Crippen molar-refractivity contribution in [3.8, 4) is 0 Å². The normalized spacial score (nSPS) is 19.6. The van der Waals surface area contributed by atoms with Crippen LogP contribution in [0.1, 0.15) is 30.4 Å². The van der Waals surface area contributed by atoms with E-state index in [9.17, 15) is 14.4 Å². The van der Waals surface area contributed by atoms with E-state index in [0.29, 0.717) is 10.5 Å². The first-order chi connectivity index (χ1) is 13.6. The molecule has 1 aromatic heterocycles.